The molecule has 4 rings (SSSR count). The van der Waals surface area contributed by atoms with E-state index >= 15 is 0 Å². The highest BCUT2D eigenvalue weighted by Crippen LogP contribution is 2.29. The van der Waals surface area contributed by atoms with Crippen LogP contribution in [0.4, 0.5) is 5.69 Å². The van der Waals surface area contributed by atoms with Crippen molar-refractivity contribution in [2.45, 2.75) is 17.7 Å². The van der Waals surface area contributed by atoms with Gasteiger partial charge in [0.05, 0.1) is 5.92 Å². The summed E-state index contributed by atoms with van der Waals surface area (Å²) in [5.74, 6) is -0.118. The van der Waals surface area contributed by atoms with Gasteiger partial charge >= 0.3 is 0 Å². The van der Waals surface area contributed by atoms with Crippen LogP contribution < -0.4 is 4.90 Å². The molecule has 144 valence electrons. The summed E-state index contributed by atoms with van der Waals surface area (Å²) >= 11 is 1.67. The Morgan fingerprint density at radius 1 is 1.07 bits per heavy atom. The van der Waals surface area contributed by atoms with Crippen LogP contribution in [0.3, 0.4) is 0 Å². The molecule has 0 saturated carbocycles. The topological polar surface area (TPSA) is 40.6 Å². The molecule has 5 heteroatoms. The lowest BCUT2D eigenvalue weighted by atomic mass is 9.98. The second kappa shape index (κ2) is 8.23. The molecule has 2 aliphatic heterocycles. The monoisotopic (exact) mass is 392 g/mol. The van der Waals surface area contributed by atoms with Crippen molar-refractivity contribution in [3.8, 4) is 0 Å². The number of amides is 2. The third kappa shape index (κ3) is 3.85. The summed E-state index contributed by atoms with van der Waals surface area (Å²) in [4.78, 5) is 30.3. The first kappa shape index (κ1) is 18.8. The zero-order chi connectivity index (χ0) is 19.5. The summed E-state index contributed by atoms with van der Waals surface area (Å²) in [7, 11) is 0. The molecule has 0 spiro atoms. The van der Waals surface area contributed by atoms with E-state index in [1.54, 1.807) is 16.7 Å². The van der Waals surface area contributed by atoms with Gasteiger partial charge in [0.15, 0.2) is 0 Å². The number of nitrogens with zero attached hydrogens (tertiary/aromatic N) is 2. The van der Waals surface area contributed by atoms with Crippen molar-refractivity contribution in [3.05, 3.63) is 66.2 Å². The molecule has 2 aromatic carbocycles. The fourth-order valence-electron chi connectivity index (χ4n) is 3.93. The maximum Gasteiger partial charge on any atom is 0.228 e. The number of rotatable bonds is 4. The van der Waals surface area contributed by atoms with Crippen LogP contribution >= 0.6 is 11.8 Å². The van der Waals surface area contributed by atoms with E-state index in [-0.39, 0.29) is 17.7 Å². The van der Waals surface area contributed by atoms with E-state index < -0.39 is 0 Å². The number of hydrogen-bond acceptors (Lipinski definition) is 3. The van der Waals surface area contributed by atoms with E-state index in [9.17, 15) is 9.59 Å². The van der Waals surface area contributed by atoms with E-state index in [1.807, 2.05) is 53.6 Å². The van der Waals surface area contributed by atoms with Crippen molar-refractivity contribution in [1.29, 1.82) is 0 Å². The Kier molecular flexibility index (Phi) is 5.53. The summed E-state index contributed by atoms with van der Waals surface area (Å²) < 4.78 is 0. The zero-order valence-electron chi connectivity index (χ0n) is 16.0. The Balaban J connectivity index is 1.40. The van der Waals surface area contributed by atoms with Crippen molar-refractivity contribution in [2.24, 2.45) is 5.92 Å². The first-order chi connectivity index (χ1) is 13.7. The highest BCUT2D eigenvalue weighted by atomic mass is 32.2. The quantitative estimate of drug-likeness (QED) is 0.736. The number of hydrogen-bond donors (Lipinski definition) is 0. The minimum absolute atomic E-state index is 0.0350. The highest BCUT2D eigenvalue weighted by Gasteiger charge is 2.37. The van der Waals surface area contributed by atoms with Crippen molar-refractivity contribution in [2.75, 3.05) is 30.8 Å². The second-order valence-electron chi connectivity index (χ2n) is 7.23. The number of anilines is 1. The molecule has 0 bridgehead atoms. The smallest absolute Gasteiger partial charge is 0.228 e. The summed E-state index contributed by atoms with van der Waals surface area (Å²) in [5.41, 5.74) is 3.40. The minimum Gasteiger partial charge on any atom is -0.338 e. The first-order valence-electron chi connectivity index (χ1n) is 9.63. The molecule has 0 radical (unpaired) electrons. The van der Waals surface area contributed by atoms with Crippen molar-refractivity contribution >= 4 is 34.8 Å². The van der Waals surface area contributed by atoms with E-state index in [0.29, 0.717) is 26.1 Å². The van der Waals surface area contributed by atoms with Gasteiger partial charge in [-0.2, -0.15) is 0 Å². The van der Waals surface area contributed by atoms with Gasteiger partial charge < -0.3 is 9.80 Å². The molecule has 2 aliphatic rings. The molecule has 2 aromatic rings. The molecular weight excluding hydrogens is 368 g/mol. The van der Waals surface area contributed by atoms with Crippen LogP contribution in [0.25, 0.3) is 5.57 Å². The fraction of sp³-hybridized carbons (Fsp3) is 0.304. The van der Waals surface area contributed by atoms with Crippen molar-refractivity contribution in [3.63, 3.8) is 0 Å². The maximum atomic E-state index is 13.0. The first-order valence-corrected chi connectivity index (χ1v) is 10.9. The molecule has 2 heterocycles. The average molecular weight is 393 g/mol. The second-order valence-corrected chi connectivity index (χ2v) is 8.11. The van der Waals surface area contributed by atoms with Gasteiger partial charge in [0, 0.05) is 36.6 Å². The summed E-state index contributed by atoms with van der Waals surface area (Å²) in [5, 5.41) is 0. The Labute approximate surface area is 170 Å². The standard InChI is InChI=1S/C23H24N2O2S/c1-28-21-9-7-20(8-10-21)25-16-19(15-22(25)26)23(27)24-13-11-18(12-14-24)17-5-3-2-4-6-17/h2-11,19H,12-16H2,1H3/t19-/m1/s1. The number of thioether (sulfide) groups is 1. The predicted octanol–water partition coefficient (Wildman–Crippen LogP) is 4.08. The van der Waals surface area contributed by atoms with Crippen LogP contribution in [0.1, 0.15) is 18.4 Å². The molecule has 1 saturated heterocycles. The fourth-order valence-corrected chi connectivity index (χ4v) is 4.33. The Hall–Kier alpha value is -2.53. The number of carbonyl (C=O) groups is 2. The third-order valence-electron chi connectivity index (χ3n) is 5.52. The van der Waals surface area contributed by atoms with Crippen LogP contribution in [0.5, 0.6) is 0 Å². The predicted molar refractivity (Wildman–Crippen MR) is 114 cm³/mol. The molecule has 2 amide bonds. The Morgan fingerprint density at radius 2 is 1.82 bits per heavy atom. The van der Waals surface area contributed by atoms with Crippen LogP contribution in [-0.2, 0) is 9.59 Å². The molecular formula is C23H24N2O2S. The summed E-state index contributed by atoms with van der Waals surface area (Å²) in [6.07, 6.45) is 5.33. The van der Waals surface area contributed by atoms with Crippen molar-refractivity contribution in [1.82, 2.24) is 4.90 Å². The Bertz CT molecular complexity index is 893. The SMILES string of the molecule is CSc1ccc(N2C[C@H](C(=O)N3CC=C(c4ccccc4)CC3)CC2=O)cc1. The molecule has 0 aromatic heterocycles. The molecule has 0 unspecified atom stereocenters. The lowest BCUT2D eigenvalue weighted by molar-refractivity contribution is -0.135. The van der Waals surface area contributed by atoms with Gasteiger partial charge in [0.25, 0.3) is 0 Å². The average Bonchev–Trinajstić information content (AvgIpc) is 3.15. The van der Waals surface area contributed by atoms with Crippen molar-refractivity contribution < 1.29 is 9.59 Å². The largest absolute Gasteiger partial charge is 0.338 e. The Morgan fingerprint density at radius 3 is 2.46 bits per heavy atom. The van der Waals surface area contributed by atoms with E-state index in [2.05, 4.69) is 18.2 Å². The molecule has 4 nitrogen and oxygen atoms in total. The molecule has 1 fully saturated rings. The van der Waals surface area contributed by atoms with Gasteiger partial charge in [-0.3, -0.25) is 9.59 Å². The van der Waals surface area contributed by atoms with Gasteiger partial charge in [-0.25, -0.2) is 0 Å². The normalized spacial score (nSPS) is 19.7. The molecule has 0 N–H and O–H groups in total. The zero-order valence-corrected chi connectivity index (χ0v) is 16.8. The van der Waals surface area contributed by atoms with Gasteiger partial charge in [-0.15, -0.1) is 11.8 Å². The minimum atomic E-state index is -0.251. The van der Waals surface area contributed by atoms with Crippen LogP contribution in [0.15, 0.2) is 65.6 Å². The van der Waals surface area contributed by atoms with E-state index in [0.717, 1.165) is 17.0 Å². The van der Waals surface area contributed by atoms with E-state index in [1.165, 1.54) is 11.1 Å². The summed E-state index contributed by atoms with van der Waals surface area (Å²) in [6, 6.07) is 18.3. The van der Waals surface area contributed by atoms with Gasteiger partial charge in [-0.05, 0) is 48.1 Å². The lowest BCUT2D eigenvalue weighted by Gasteiger charge is -2.29. The maximum absolute atomic E-state index is 13.0. The van der Waals surface area contributed by atoms with Crippen LogP contribution in [-0.4, -0.2) is 42.6 Å². The van der Waals surface area contributed by atoms with Gasteiger partial charge in [0.1, 0.15) is 0 Å². The van der Waals surface area contributed by atoms with Crippen LogP contribution in [0.2, 0.25) is 0 Å². The molecule has 1 atom stereocenters. The lowest BCUT2D eigenvalue weighted by Crippen LogP contribution is -2.39. The van der Waals surface area contributed by atoms with Gasteiger partial charge in [-0.1, -0.05) is 36.4 Å². The van der Waals surface area contributed by atoms with E-state index in [4.69, 9.17) is 0 Å². The number of carbonyl (C=O) groups excluding carboxylic acids is 2. The molecule has 0 aliphatic carbocycles. The third-order valence-corrected chi connectivity index (χ3v) is 6.27. The molecule has 28 heavy (non-hydrogen) atoms. The number of benzene rings is 2. The van der Waals surface area contributed by atoms with Gasteiger partial charge in [0.2, 0.25) is 11.8 Å². The highest BCUT2D eigenvalue weighted by molar-refractivity contribution is 7.98. The van der Waals surface area contributed by atoms with Crippen LogP contribution in [0, 0.1) is 5.92 Å². The summed E-state index contributed by atoms with van der Waals surface area (Å²) in [6.45, 7) is 1.81.